The number of aromatic hydroxyl groups is 1. The van der Waals surface area contributed by atoms with Crippen LogP contribution in [0.25, 0.3) is 0 Å². The largest absolute Gasteiger partial charge is 0.506 e. The molecule has 0 radical (unpaired) electrons. The van der Waals surface area contributed by atoms with Crippen molar-refractivity contribution in [2.45, 2.75) is 13.0 Å². The molecule has 1 rings (SSSR count). The second kappa shape index (κ2) is 5.34. The highest BCUT2D eigenvalue weighted by Gasteiger charge is 2.07. The van der Waals surface area contributed by atoms with E-state index < -0.39 is 0 Å². The number of phenols is 1. The number of rotatable bonds is 4. The Labute approximate surface area is 92.0 Å². The maximum Gasteiger partial charge on any atom is 0.133 e. The third-order valence-corrected chi connectivity index (χ3v) is 2.53. The lowest BCUT2D eigenvalue weighted by atomic mass is 10.1. The standard InChI is InChI=1S/C10H14BrNO2/c1-14-6-7-4-8(2-3-12)10(13)9(11)5-7/h4-5,13H,2-3,6,12H2,1H3. The number of phenolic OH excluding ortho intramolecular Hbond substituents is 1. The summed E-state index contributed by atoms with van der Waals surface area (Å²) in [5, 5.41) is 9.68. The smallest absolute Gasteiger partial charge is 0.133 e. The SMILES string of the molecule is COCc1cc(Br)c(O)c(CCN)c1. The molecule has 0 fully saturated rings. The molecule has 0 spiro atoms. The highest BCUT2D eigenvalue weighted by molar-refractivity contribution is 9.10. The zero-order chi connectivity index (χ0) is 10.6. The fourth-order valence-electron chi connectivity index (χ4n) is 1.31. The lowest BCUT2D eigenvalue weighted by molar-refractivity contribution is 0.184. The predicted molar refractivity (Wildman–Crippen MR) is 59.3 cm³/mol. The molecule has 0 amide bonds. The van der Waals surface area contributed by atoms with E-state index in [1.54, 1.807) is 7.11 Å². The summed E-state index contributed by atoms with van der Waals surface area (Å²) in [5.41, 5.74) is 7.33. The second-order valence-corrected chi connectivity index (χ2v) is 3.91. The topological polar surface area (TPSA) is 55.5 Å². The van der Waals surface area contributed by atoms with E-state index in [1.165, 1.54) is 0 Å². The molecular weight excluding hydrogens is 246 g/mol. The van der Waals surface area contributed by atoms with Crippen molar-refractivity contribution in [1.82, 2.24) is 0 Å². The van der Waals surface area contributed by atoms with E-state index in [2.05, 4.69) is 15.9 Å². The molecule has 0 saturated carbocycles. The van der Waals surface area contributed by atoms with Gasteiger partial charge in [0.05, 0.1) is 11.1 Å². The van der Waals surface area contributed by atoms with Crippen LogP contribution in [0.1, 0.15) is 11.1 Å². The molecule has 3 nitrogen and oxygen atoms in total. The molecule has 3 N–H and O–H groups in total. The van der Waals surface area contributed by atoms with Crippen molar-refractivity contribution in [3.63, 3.8) is 0 Å². The first-order valence-electron chi connectivity index (χ1n) is 4.38. The van der Waals surface area contributed by atoms with E-state index in [4.69, 9.17) is 10.5 Å². The van der Waals surface area contributed by atoms with Crippen molar-refractivity contribution in [3.05, 3.63) is 27.7 Å². The van der Waals surface area contributed by atoms with Gasteiger partial charge in [0.2, 0.25) is 0 Å². The van der Waals surface area contributed by atoms with Gasteiger partial charge < -0.3 is 15.6 Å². The van der Waals surface area contributed by atoms with Crippen molar-refractivity contribution in [3.8, 4) is 5.75 Å². The van der Waals surface area contributed by atoms with Crippen LogP contribution in [0.15, 0.2) is 16.6 Å². The summed E-state index contributed by atoms with van der Waals surface area (Å²) in [6.45, 7) is 1.06. The summed E-state index contributed by atoms with van der Waals surface area (Å²) < 4.78 is 5.71. The molecule has 14 heavy (non-hydrogen) atoms. The summed E-state index contributed by atoms with van der Waals surface area (Å²) in [4.78, 5) is 0. The first kappa shape index (κ1) is 11.5. The number of nitrogens with two attached hydrogens (primary N) is 1. The van der Waals surface area contributed by atoms with E-state index in [-0.39, 0.29) is 5.75 Å². The van der Waals surface area contributed by atoms with Gasteiger partial charge in [-0.2, -0.15) is 0 Å². The Balaban J connectivity index is 3.01. The quantitative estimate of drug-likeness (QED) is 0.867. The third kappa shape index (κ3) is 2.70. The average molecular weight is 260 g/mol. The van der Waals surface area contributed by atoms with Crippen LogP contribution in [0.2, 0.25) is 0 Å². The minimum Gasteiger partial charge on any atom is -0.506 e. The maximum absolute atomic E-state index is 9.68. The van der Waals surface area contributed by atoms with Gasteiger partial charge in [0.25, 0.3) is 0 Å². The lowest BCUT2D eigenvalue weighted by Crippen LogP contribution is -2.04. The van der Waals surface area contributed by atoms with Gasteiger partial charge in [0, 0.05) is 7.11 Å². The first-order valence-corrected chi connectivity index (χ1v) is 5.17. The predicted octanol–water partition coefficient (Wildman–Crippen LogP) is 1.80. The van der Waals surface area contributed by atoms with Gasteiger partial charge >= 0.3 is 0 Å². The van der Waals surface area contributed by atoms with Crippen LogP contribution in [0.4, 0.5) is 0 Å². The van der Waals surface area contributed by atoms with E-state index >= 15 is 0 Å². The van der Waals surface area contributed by atoms with Crippen molar-refractivity contribution in [1.29, 1.82) is 0 Å². The van der Waals surface area contributed by atoms with Gasteiger partial charge in [-0.3, -0.25) is 0 Å². The zero-order valence-corrected chi connectivity index (χ0v) is 9.67. The van der Waals surface area contributed by atoms with Crippen LogP contribution in [-0.4, -0.2) is 18.8 Å². The Morgan fingerprint density at radius 2 is 2.21 bits per heavy atom. The molecule has 0 aliphatic carbocycles. The fourth-order valence-corrected chi connectivity index (χ4v) is 1.86. The molecule has 0 aliphatic heterocycles. The highest BCUT2D eigenvalue weighted by atomic mass is 79.9. The summed E-state index contributed by atoms with van der Waals surface area (Å²) in [6, 6.07) is 3.76. The van der Waals surface area contributed by atoms with E-state index in [0.717, 1.165) is 11.1 Å². The first-order chi connectivity index (χ1) is 6.69. The maximum atomic E-state index is 9.68. The van der Waals surface area contributed by atoms with E-state index in [1.807, 2.05) is 12.1 Å². The van der Waals surface area contributed by atoms with Gasteiger partial charge in [-0.05, 0) is 52.2 Å². The van der Waals surface area contributed by atoms with Crippen LogP contribution in [-0.2, 0) is 17.8 Å². The normalized spacial score (nSPS) is 10.5. The van der Waals surface area contributed by atoms with Crippen molar-refractivity contribution in [2.75, 3.05) is 13.7 Å². The highest BCUT2D eigenvalue weighted by Crippen LogP contribution is 2.29. The van der Waals surface area contributed by atoms with Gasteiger partial charge in [-0.1, -0.05) is 0 Å². The van der Waals surface area contributed by atoms with Crippen LogP contribution < -0.4 is 5.73 Å². The number of benzene rings is 1. The van der Waals surface area contributed by atoms with Crippen LogP contribution in [0, 0.1) is 0 Å². The van der Waals surface area contributed by atoms with Crippen molar-refractivity contribution < 1.29 is 9.84 Å². The van der Waals surface area contributed by atoms with E-state index in [0.29, 0.717) is 24.0 Å². The van der Waals surface area contributed by atoms with Crippen LogP contribution in [0.3, 0.4) is 0 Å². The van der Waals surface area contributed by atoms with Crippen molar-refractivity contribution in [2.24, 2.45) is 5.73 Å². The Bertz CT molecular complexity index is 315. The van der Waals surface area contributed by atoms with Gasteiger partial charge in [-0.25, -0.2) is 0 Å². The Morgan fingerprint density at radius 3 is 2.79 bits per heavy atom. The van der Waals surface area contributed by atoms with Crippen molar-refractivity contribution >= 4 is 15.9 Å². The Hall–Kier alpha value is -0.580. The minimum absolute atomic E-state index is 0.273. The lowest BCUT2D eigenvalue weighted by Gasteiger charge is -2.08. The second-order valence-electron chi connectivity index (χ2n) is 3.06. The molecule has 0 aliphatic rings. The third-order valence-electron chi connectivity index (χ3n) is 1.93. The monoisotopic (exact) mass is 259 g/mol. The van der Waals surface area contributed by atoms with Gasteiger partial charge in [0.1, 0.15) is 5.75 Å². The Morgan fingerprint density at radius 1 is 1.50 bits per heavy atom. The number of hydrogen-bond donors (Lipinski definition) is 2. The van der Waals surface area contributed by atoms with Gasteiger partial charge in [-0.15, -0.1) is 0 Å². The summed E-state index contributed by atoms with van der Waals surface area (Å²) in [5.74, 6) is 0.273. The molecule has 1 aromatic carbocycles. The molecule has 0 heterocycles. The summed E-state index contributed by atoms with van der Waals surface area (Å²) >= 11 is 3.29. The van der Waals surface area contributed by atoms with Crippen LogP contribution >= 0.6 is 15.9 Å². The number of halogens is 1. The molecule has 4 heteroatoms. The molecule has 0 unspecified atom stereocenters. The molecule has 0 saturated heterocycles. The Kier molecular flexibility index (Phi) is 4.38. The number of methoxy groups -OCH3 is 1. The molecule has 0 bridgehead atoms. The molecule has 0 aromatic heterocycles. The minimum atomic E-state index is 0.273. The zero-order valence-electron chi connectivity index (χ0n) is 8.09. The molecule has 0 atom stereocenters. The van der Waals surface area contributed by atoms with E-state index in [9.17, 15) is 5.11 Å². The molecule has 1 aromatic rings. The van der Waals surface area contributed by atoms with Crippen LogP contribution in [0.5, 0.6) is 5.75 Å². The number of ether oxygens (including phenoxy) is 1. The summed E-state index contributed by atoms with van der Waals surface area (Å²) in [7, 11) is 1.64. The fraction of sp³-hybridized carbons (Fsp3) is 0.400. The number of hydrogen-bond acceptors (Lipinski definition) is 3. The molecular formula is C10H14BrNO2. The van der Waals surface area contributed by atoms with Gasteiger partial charge in [0.15, 0.2) is 0 Å². The molecule has 78 valence electrons. The summed E-state index contributed by atoms with van der Waals surface area (Å²) in [6.07, 6.45) is 0.669. The average Bonchev–Trinajstić information content (AvgIpc) is 2.14.